The number of fused-ring (bicyclic) bond motifs is 1. The fourth-order valence-corrected chi connectivity index (χ4v) is 3.67. The van der Waals surface area contributed by atoms with Crippen molar-refractivity contribution in [3.05, 3.63) is 64.3 Å². The number of nitrogens with two attached hydrogens (primary N) is 1. The van der Waals surface area contributed by atoms with E-state index in [9.17, 15) is 4.79 Å². The highest BCUT2D eigenvalue weighted by Crippen LogP contribution is 2.33. The van der Waals surface area contributed by atoms with Gasteiger partial charge in [-0.3, -0.25) is 4.79 Å². The number of nitrogen functional groups attached to an aromatic ring is 1. The number of carbonyl (C=O) groups is 1. The summed E-state index contributed by atoms with van der Waals surface area (Å²) in [6, 6.07) is 11.1. The number of aromatic nitrogens is 2. The zero-order chi connectivity index (χ0) is 20.4. The molecule has 4 rings (SSSR count). The Bertz CT molecular complexity index is 1080. The van der Waals surface area contributed by atoms with E-state index in [-0.39, 0.29) is 5.91 Å². The van der Waals surface area contributed by atoms with Gasteiger partial charge in [0.25, 0.3) is 5.91 Å². The molecule has 0 spiro atoms. The van der Waals surface area contributed by atoms with E-state index in [2.05, 4.69) is 25.9 Å². The van der Waals surface area contributed by atoms with Crippen LogP contribution in [0.4, 0.5) is 28.8 Å². The molecule has 1 aromatic heterocycles. The minimum atomic E-state index is -0.202. The lowest BCUT2D eigenvalue weighted by molar-refractivity contribution is 0.0964. The number of amides is 1. The van der Waals surface area contributed by atoms with E-state index < -0.39 is 0 Å². The number of nitrogens with one attached hydrogen (secondary N) is 3. The van der Waals surface area contributed by atoms with Gasteiger partial charge in [0.05, 0.1) is 17.4 Å². The number of carbonyl (C=O) groups excluding carboxylic acids is 1. The van der Waals surface area contributed by atoms with Gasteiger partial charge in [0.15, 0.2) is 5.82 Å². The third kappa shape index (κ3) is 3.95. The molecule has 1 amide bonds. The normalized spacial score (nSPS) is 12.3. The number of hydrogen-bond acceptors (Lipinski definition) is 6. The van der Waals surface area contributed by atoms with Crippen LogP contribution in [0.5, 0.6) is 0 Å². The minimum absolute atomic E-state index is 0.202. The van der Waals surface area contributed by atoms with E-state index in [1.165, 1.54) is 17.3 Å². The van der Waals surface area contributed by atoms with Crippen LogP contribution in [-0.4, -0.2) is 22.9 Å². The molecular formula is C21H21ClN6O. The molecule has 148 valence electrons. The second-order valence-electron chi connectivity index (χ2n) is 6.82. The third-order valence-electron chi connectivity index (χ3n) is 4.88. The monoisotopic (exact) mass is 408 g/mol. The summed E-state index contributed by atoms with van der Waals surface area (Å²) in [7, 11) is 1.59. The molecule has 0 atom stereocenters. The number of rotatable bonds is 5. The Morgan fingerprint density at radius 3 is 2.79 bits per heavy atom. The van der Waals surface area contributed by atoms with Crippen molar-refractivity contribution in [1.29, 1.82) is 0 Å². The number of para-hydroxylation sites is 1. The van der Waals surface area contributed by atoms with Gasteiger partial charge in [-0.2, -0.15) is 4.98 Å². The van der Waals surface area contributed by atoms with Gasteiger partial charge in [-0.1, -0.05) is 23.7 Å². The standard InChI is InChI=1S/C21H21ClN6O/c1-24-20(29)15-6-2-3-8-17(15)26-19-16(22)11-25-21(28-19)27-18-10-13(23)9-12-5-4-7-14(12)18/h2-3,6,8-11H,4-5,7,23H2,1H3,(H,24,29)(H2,25,26,27,28). The molecule has 3 aromatic rings. The number of nitrogens with zero attached hydrogens (tertiary/aromatic N) is 2. The van der Waals surface area contributed by atoms with Crippen LogP contribution in [-0.2, 0) is 12.8 Å². The Morgan fingerprint density at radius 2 is 1.97 bits per heavy atom. The van der Waals surface area contributed by atoms with E-state index in [1.54, 1.807) is 25.2 Å². The fraction of sp³-hybridized carbons (Fsp3) is 0.190. The number of hydrogen-bond donors (Lipinski definition) is 4. The van der Waals surface area contributed by atoms with Gasteiger partial charge in [0, 0.05) is 18.4 Å². The summed E-state index contributed by atoms with van der Waals surface area (Å²) in [5.74, 6) is 0.599. The molecule has 7 nitrogen and oxygen atoms in total. The predicted molar refractivity (Wildman–Crippen MR) is 116 cm³/mol. The second-order valence-corrected chi connectivity index (χ2v) is 7.23. The summed E-state index contributed by atoms with van der Waals surface area (Å²) in [5.41, 5.74) is 11.3. The van der Waals surface area contributed by atoms with Crippen LogP contribution in [0.25, 0.3) is 0 Å². The van der Waals surface area contributed by atoms with Crippen molar-refractivity contribution in [2.45, 2.75) is 19.3 Å². The van der Waals surface area contributed by atoms with E-state index in [0.29, 0.717) is 33.7 Å². The summed E-state index contributed by atoms with van der Waals surface area (Å²) in [6.45, 7) is 0. The summed E-state index contributed by atoms with van der Waals surface area (Å²) in [6.07, 6.45) is 4.65. The van der Waals surface area contributed by atoms with Crippen molar-refractivity contribution < 1.29 is 4.79 Å². The Kier molecular flexibility index (Phi) is 5.22. The zero-order valence-corrected chi connectivity index (χ0v) is 16.7. The van der Waals surface area contributed by atoms with Crippen LogP contribution in [0.15, 0.2) is 42.6 Å². The van der Waals surface area contributed by atoms with Gasteiger partial charge in [-0.25, -0.2) is 4.98 Å². The number of aryl methyl sites for hydroxylation is 1. The molecule has 0 saturated carbocycles. The Morgan fingerprint density at radius 1 is 1.14 bits per heavy atom. The van der Waals surface area contributed by atoms with Crippen molar-refractivity contribution in [1.82, 2.24) is 15.3 Å². The maximum Gasteiger partial charge on any atom is 0.253 e. The Hall–Kier alpha value is -3.32. The lowest BCUT2D eigenvalue weighted by atomic mass is 10.1. The zero-order valence-electron chi connectivity index (χ0n) is 15.9. The molecule has 8 heteroatoms. The quantitative estimate of drug-likeness (QED) is 0.475. The Balaban J connectivity index is 1.64. The molecule has 2 aromatic carbocycles. The fourth-order valence-electron chi connectivity index (χ4n) is 3.53. The van der Waals surface area contributed by atoms with Crippen molar-refractivity contribution in [3.8, 4) is 0 Å². The molecule has 0 saturated heterocycles. The lowest BCUT2D eigenvalue weighted by Crippen LogP contribution is -2.19. The summed E-state index contributed by atoms with van der Waals surface area (Å²) < 4.78 is 0. The third-order valence-corrected chi connectivity index (χ3v) is 5.16. The molecule has 0 fully saturated rings. The first kappa shape index (κ1) is 19.0. The first-order valence-electron chi connectivity index (χ1n) is 9.34. The average molecular weight is 409 g/mol. The van der Waals surface area contributed by atoms with Gasteiger partial charge in [0.1, 0.15) is 5.02 Å². The summed E-state index contributed by atoms with van der Waals surface area (Å²) in [4.78, 5) is 20.9. The van der Waals surface area contributed by atoms with Crippen molar-refractivity contribution in [2.24, 2.45) is 0 Å². The SMILES string of the molecule is CNC(=O)c1ccccc1Nc1nc(Nc2cc(N)cc3c2CCC3)ncc1Cl. The minimum Gasteiger partial charge on any atom is -0.399 e. The van der Waals surface area contributed by atoms with Crippen LogP contribution in [0.2, 0.25) is 5.02 Å². The van der Waals surface area contributed by atoms with Gasteiger partial charge in [-0.05, 0) is 54.7 Å². The lowest BCUT2D eigenvalue weighted by Gasteiger charge is -2.14. The smallest absolute Gasteiger partial charge is 0.253 e. The molecule has 0 bridgehead atoms. The van der Waals surface area contributed by atoms with Crippen molar-refractivity contribution in [2.75, 3.05) is 23.4 Å². The van der Waals surface area contributed by atoms with Crippen molar-refractivity contribution in [3.63, 3.8) is 0 Å². The van der Waals surface area contributed by atoms with E-state index in [1.807, 2.05) is 18.2 Å². The highest BCUT2D eigenvalue weighted by atomic mass is 35.5. The molecule has 1 aliphatic carbocycles. The van der Waals surface area contributed by atoms with Crippen LogP contribution < -0.4 is 21.7 Å². The largest absolute Gasteiger partial charge is 0.399 e. The van der Waals surface area contributed by atoms with E-state index in [4.69, 9.17) is 17.3 Å². The van der Waals surface area contributed by atoms with Crippen LogP contribution >= 0.6 is 11.6 Å². The topological polar surface area (TPSA) is 105 Å². The molecule has 0 aliphatic heterocycles. The summed E-state index contributed by atoms with van der Waals surface area (Å²) in [5, 5.41) is 9.38. The molecule has 1 heterocycles. The molecule has 0 unspecified atom stereocenters. The number of benzene rings is 2. The second kappa shape index (κ2) is 7.97. The summed E-state index contributed by atoms with van der Waals surface area (Å²) >= 11 is 6.30. The van der Waals surface area contributed by atoms with Crippen LogP contribution in [0.3, 0.4) is 0 Å². The van der Waals surface area contributed by atoms with Crippen LogP contribution in [0.1, 0.15) is 27.9 Å². The number of halogens is 1. The first-order chi connectivity index (χ1) is 14.0. The van der Waals surface area contributed by atoms with Gasteiger partial charge in [-0.15, -0.1) is 0 Å². The van der Waals surface area contributed by atoms with Crippen molar-refractivity contribution >= 4 is 46.3 Å². The van der Waals surface area contributed by atoms with E-state index in [0.717, 1.165) is 24.9 Å². The van der Waals surface area contributed by atoms with Gasteiger partial charge in [0.2, 0.25) is 5.95 Å². The Labute approximate surface area is 173 Å². The van der Waals surface area contributed by atoms with E-state index >= 15 is 0 Å². The highest BCUT2D eigenvalue weighted by molar-refractivity contribution is 6.33. The highest BCUT2D eigenvalue weighted by Gasteiger charge is 2.17. The first-order valence-corrected chi connectivity index (χ1v) is 9.72. The molecule has 5 N–H and O–H groups in total. The van der Waals surface area contributed by atoms with Gasteiger partial charge >= 0.3 is 0 Å². The van der Waals surface area contributed by atoms with Gasteiger partial charge < -0.3 is 21.7 Å². The molecule has 29 heavy (non-hydrogen) atoms. The molecule has 0 radical (unpaired) electrons. The molecular weight excluding hydrogens is 388 g/mol. The van der Waals surface area contributed by atoms with Crippen LogP contribution in [0, 0.1) is 0 Å². The predicted octanol–water partition coefficient (Wildman–Crippen LogP) is 4.05. The molecule has 1 aliphatic rings. The average Bonchev–Trinajstić information content (AvgIpc) is 3.19. The maximum atomic E-state index is 12.1. The number of anilines is 5. The maximum absolute atomic E-state index is 12.1.